The van der Waals surface area contributed by atoms with Crippen molar-refractivity contribution in [2.75, 3.05) is 19.6 Å². The number of aromatic nitrogens is 2. The summed E-state index contributed by atoms with van der Waals surface area (Å²) in [7, 11) is 0. The van der Waals surface area contributed by atoms with Crippen LogP contribution >= 0.6 is 0 Å². The van der Waals surface area contributed by atoms with E-state index in [2.05, 4.69) is 44.5 Å². The number of H-pyrrole nitrogens is 1. The summed E-state index contributed by atoms with van der Waals surface area (Å²) in [6, 6.07) is 9.45. The first-order chi connectivity index (χ1) is 12.2. The van der Waals surface area contributed by atoms with Crippen molar-refractivity contribution in [1.82, 2.24) is 20.2 Å². The van der Waals surface area contributed by atoms with Gasteiger partial charge >= 0.3 is 0 Å². The van der Waals surface area contributed by atoms with Crippen molar-refractivity contribution in [3.63, 3.8) is 0 Å². The van der Waals surface area contributed by atoms with Gasteiger partial charge in [-0.05, 0) is 56.2 Å². The third-order valence-corrected chi connectivity index (χ3v) is 5.69. The predicted molar refractivity (Wildman–Crippen MR) is 97.6 cm³/mol. The molecular formula is C20H26N4O. The van der Waals surface area contributed by atoms with E-state index in [9.17, 15) is 4.79 Å². The molecule has 0 bridgehead atoms. The molecule has 4 rings (SSSR count). The Morgan fingerprint density at radius 3 is 2.76 bits per heavy atom. The fraction of sp³-hybridized carbons (Fsp3) is 0.500. The largest absolute Gasteiger partial charge is 0.350 e. The molecule has 5 heteroatoms. The van der Waals surface area contributed by atoms with Gasteiger partial charge in [0.05, 0.1) is 6.33 Å². The minimum absolute atomic E-state index is 0.0656. The molecule has 1 atom stereocenters. The number of amides is 1. The van der Waals surface area contributed by atoms with Crippen molar-refractivity contribution < 1.29 is 4.79 Å². The second-order valence-corrected chi connectivity index (χ2v) is 7.42. The smallest absolute Gasteiger partial charge is 0.271 e. The van der Waals surface area contributed by atoms with Crippen LogP contribution < -0.4 is 5.32 Å². The van der Waals surface area contributed by atoms with Crippen molar-refractivity contribution in [3.8, 4) is 0 Å². The zero-order valence-corrected chi connectivity index (χ0v) is 14.8. The molecule has 0 radical (unpaired) electrons. The zero-order chi connectivity index (χ0) is 17.2. The van der Waals surface area contributed by atoms with Gasteiger partial charge in [-0.15, -0.1) is 0 Å². The summed E-state index contributed by atoms with van der Waals surface area (Å²) in [4.78, 5) is 22.0. The highest BCUT2D eigenvalue weighted by molar-refractivity contribution is 5.93. The number of aromatic amines is 1. The van der Waals surface area contributed by atoms with E-state index in [0.29, 0.717) is 17.7 Å². The topological polar surface area (TPSA) is 61.0 Å². The van der Waals surface area contributed by atoms with Crippen LogP contribution in [0.5, 0.6) is 0 Å². The molecule has 5 nitrogen and oxygen atoms in total. The van der Waals surface area contributed by atoms with Gasteiger partial charge in [0.25, 0.3) is 5.91 Å². The number of nitrogens with zero attached hydrogens (tertiary/aromatic N) is 2. The predicted octanol–water partition coefficient (Wildman–Crippen LogP) is 2.33. The van der Waals surface area contributed by atoms with E-state index in [0.717, 1.165) is 18.8 Å². The number of fused-ring (bicyclic) bond motifs is 1. The van der Waals surface area contributed by atoms with Gasteiger partial charge in [0.1, 0.15) is 5.69 Å². The number of piperidine rings is 1. The maximum absolute atomic E-state index is 12.2. The number of hydrogen-bond donors (Lipinski definition) is 2. The van der Waals surface area contributed by atoms with Gasteiger partial charge in [0.15, 0.2) is 0 Å². The highest BCUT2D eigenvalue weighted by atomic mass is 16.1. The van der Waals surface area contributed by atoms with Crippen LogP contribution in [0.1, 0.15) is 40.2 Å². The first-order valence-corrected chi connectivity index (χ1v) is 9.29. The first-order valence-electron chi connectivity index (χ1n) is 9.29. The number of nitrogens with one attached hydrogen (secondary N) is 2. The highest BCUT2D eigenvalue weighted by Gasteiger charge is 2.30. The minimum Gasteiger partial charge on any atom is -0.350 e. The van der Waals surface area contributed by atoms with Crippen molar-refractivity contribution in [1.29, 1.82) is 0 Å². The van der Waals surface area contributed by atoms with Crippen molar-refractivity contribution in [3.05, 3.63) is 53.1 Å². The Hall–Kier alpha value is -2.14. The van der Waals surface area contributed by atoms with E-state index in [1.54, 1.807) is 6.33 Å². The van der Waals surface area contributed by atoms with E-state index in [-0.39, 0.29) is 5.91 Å². The van der Waals surface area contributed by atoms with E-state index in [1.165, 1.54) is 43.4 Å². The molecular weight excluding hydrogens is 312 g/mol. The van der Waals surface area contributed by atoms with Crippen LogP contribution in [0.3, 0.4) is 0 Å². The van der Waals surface area contributed by atoms with Gasteiger partial charge in [-0.2, -0.15) is 0 Å². The van der Waals surface area contributed by atoms with E-state index < -0.39 is 0 Å². The van der Waals surface area contributed by atoms with Crippen LogP contribution in [-0.4, -0.2) is 46.5 Å². The number of imidazole rings is 1. The Bertz CT molecular complexity index is 729. The van der Waals surface area contributed by atoms with Crippen LogP contribution in [0.15, 0.2) is 30.6 Å². The molecule has 0 spiro atoms. The molecule has 2 N–H and O–H groups in total. The van der Waals surface area contributed by atoms with Gasteiger partial charge in [0, 0.05) is 24.8 Å². The summed E-state index contributed by atoms with van der Waals surface area (Å²) < 4.78 is 0. The molecule has 2 aromatic rings. The van der Waals surface area contributed by atoms with Gasteiger partial charge in [0.2, 0.25) is 0 Å². The number of rotatable bonds is 4. The van der Waals surface area contributed by atoms with Gasteiger partial charge in [-0.3, -0.25) is 9.69 Å². The SMILES string of the molecule is Cc1[nH]cnc1C(=O)NC[C@H]1CCCN(C2Cc3ccccc3C2)C1. The lowest BCUT2D eigenvalue weighted by Gasteiger charge is -2.36. The molecule has 1 aliphatic carbocycles. The third-order valence-electron chi connectivity index (χ3n) is 5.69. The first kappa shape index (κ1) is 16.3. The van der Waals surface area contributed by atoms with Crippen molar-refractivity contribution in [2.24, 2.45) is 5.92 Å². The Morgan fingerprint density at radius 2 is 2.08 bits per heavy atom. The Kier molecular flexibility index (Phi) is 4.57. The Morgan fingerprint density at radius 1 is 1.32 bits per heavy atom. The second kappa shape index (κ2) is 7.00. The Labute approximate surface area is 148 Å². The number of aryl methyl sites for hydroxylation is 1. The summed E-state index contributed by atoms with van der Waals surface area (Å²) in [5.74, 6) is 0.463. The normalized spacial score (nSPS) is 21.2. The van der Waals surface area contributed by atoms with Crippen LogP contribution in [0.25, 0.3) is 0 Å². The summed E-state index contributed by atoms with van der Waals surface area (Å²) in [5.41, 5.74) is 4.36. The Balaban J connectivity index is 1.31. The second-order valence-electron chi connectivity index (χ2n) is 7.42. The van der Waals surface area contributed by atoms with Crippen LogP contribution in [0, 0.1) is 12.8 Å². The number of carbonyl (C=O) groups excluding carboxylic acids is 1. The van der Waals surface area contributed by atoms with Gasteiger partial charge in [-0.25, -0.2) is 4.98 Å². The minimum atomic E-state index is -0.0656. The summed E-state index contributed by atoms with van der Waals surface area (Å²) in [5, 5.41) is 3.08. The van der Waals surface area contributed by atoms with Crippen LogP contribution in [0.2, 0.25) is 0 Å². The van der Waals surface area contributed by atoms with Crippen LogP contribution in [-0.2, 0) is 12.8 Å². The fourth-order valence-electron chi connectivity index (χ4n) is 4.30. The molecule has 1 aliphatic heterocycles. The lowest BCUT2D eigenvalue weighted by Crippen LogP contribution is -2.46. The molecule has 2 aliphatic rings. The molecule has 25 heavy (non-hydrogen) atoms. The van der Waals surface area contributed by atoms with Gasteiger partial charge in [-0.1, -0.05) is 24.3 Å². The molecule has 1 amide bonds. The van der Waals surface area contributed by atoms with Crippen LogP contribution in [0.4, 0.5) is 0 Å². The van der Waals surface area contributed by atoms with E-state index in [1.807, 2.05) is 6.92 Å². The maximum Gasteiger partial charge on any atom is 0.271 e. The summed E-state index contributed by atoms with van der Waals surface area (Å²) in [6.07, 6.45) is 6.32. The number of hydrogen-bond acceptors (Lipinski definition) is 3. The fourth-order valence-corrected chi connectivity index (χ4v) is 4.30. The van der Waals surface area contributed by atoms with E-state index in [4.69, 9.17) is 0 Å². The highest BCUT2D eigenvalue weighted by Crippen LogP contribution is 2.28. The molecule has 2 heterocycles. The maximum atomic E-state index is 12.2. The molecule has 1 aromatic carbocycles. The monoisotopic (exact) mass is 338 g/mol. The molecule has 1 fully saturated rings. The zero-order valence-electron chi connectivity index (χ0n) is 14.8. The number of likely N-dealkylation sites (tertiary alicyclic amines) is 1. The van der Waals surface area contributed by atoms with Crippen molar-refractivity contribution in [2.45, 2.75) is 38.6 Å². The molecule has 1 saturated heterocycles. The average Bonchev–Trinajstić information content (AvgIpc) is 3.26. The van der Waals surface area contributed by atoms with Gasteiger partial charge < -0.3 is 10.3 Å². The molecule has 0 unspecified atom stereocenters. The average molecular weight is 338 g/mol. The molecule has 132 valence electrons. The molecule has 1 aromatic heterocycles. The lowest BCUT2D eigenvalue weighted by molar-refractivity contribution is 0.0910. The summed E-state index contributed by atoms with van der Waals surface area (Å²) in [6.45, 7) is 4.88. The third kappa shape index (κ3) is 3.47. The lowest BCUT2D eigenvalue weighted by atomic mass is 9.96. The summed E-state index contributed by atoms with van der Waals surface area (Å²) >= 11 is 0. The molecule has 0 saturated carbocycles. The van der Waals surface area contributed by atoms with Crippen molar-refractivity contribution >= 4 is 5.91 Å². The quantitative estimate of drug-likeness (QED) is 0.899. The number of benzene rings is 1. The standard InChI is InChI=1S/C20H26N4O/c1-14-19(23-13-22-14)20(25)21-11-15-5-4-8-24(12-15)18-9-16-6-2-3-7-17(16)10-18/h2-3,6-7,13,15,18H,4-5,8-12H2,1H3,(H,21,25)(H,22,23)/t15-/m1/s1. The van der Waals surface area contributed by atoms with E-state index >= 15 is 0 Å². The number of carbonyl (C=O) groups is 1.